The number of benzene rings is 1. The van der Waals surface area contributed by atoms with Crippen molar-refractivity contribution in [2.75, 3.05) is 13.1 Å². The summed E-state index contributed by atoms with van der Waals surface area (Å²) in [5.41, 5.74) is 0.385. The summed E-state index contributed by atoms with van der Waals surface area (Å²) in [7, 11) is 0. The fourth-order valence-electron chi connectivity index (χ4n) is 2.33. The zero-order valence-electron chi connectivity index (χ0n) is 10.4. The first kappa shape index (κ1) is 13.5. The van der Waals surface area contributed by atoms with Gasteiger partial charge < -0.3 is 10.2 Å². The summed E-state index contributed by atoms with van der Waals surface area (Å²) < 4.78 is 13.7. The predicted octanol–water partition coefficient (Wildman–Crippen LogP) is 2.41. The van der Waals surface area contributed by atoms with Gasteiger partial charge in [0.1, 0.15) is 5.82 Å². The number of carbonyl (C=O) groups is 1. The molecule has 0 bridgehead atoms. The smallest absolute Gasteiger partial charge is 0.255 e. The number of nitrogens with zero attached hydrogens (tertiary/aromatic N) is 1. The largest absolute Gasteiger partial charge is 0.336 e. The summed E-state index contributed by atoms with van der Waals surface area (Å²) >= 11 is 3.14. The average Bonchev–Trinajstić information content (AvgIpc) is 2.30. The number of nitrogens with one attached hydrogen (secondary N) is 1. The van der Waals surface area contributed by atoms with Crippen LogP contribution in [0.4, 0.5) is 4.39 Å². The van der Waals surface area contributed by atoms with Gasteiger partial charge in [-0.05, 0) is 41.9 Å². The van der Waals surface area contributed by atoms with Gasteiger partial charge in [0.2, 0.25) is 0 Å². The molecule has 2 unspecified atom stereocenters. The Morgan fingerprint density at radius 3 is 2.61 bits per heavy atom. The van der Waals surface area contributed by atoms with Gasteiger partial charge in [0, 0.05) is 25.2 Å². The van der Waals surface area contributed by atoms with Crippen LogP contribution in [-0.2, 0) is 0 Å². The molecule has 98 valence electrons. The van der Waals surface area contributed by atoms with E-state index in [-0.39, 0.29) is 22.5 Å². The van der Waals surface area contributed by atoms with Crippen molar-refractivity contribution in [1.29, 1.82) is 0 Å². The molecule has 1 aliphatic rings. The van der Waals surface area contributed by atoms with E-state index in [4.69, 9.17) is 0 Å². The number of hydrogen-bond acceptors (Lipinski definition) is 2. The maximum Gasteiger partial charge on any atom is 0.255 e. The lowest BCUT2D eigenvalue weighted by Gasteiger charge is -2.36. The molecule has 1 N–H and O–H groups in total. The minimum Gasteiger partial charge on any atom is -0.336 e. The van der Waals surface area contributed by atoms with Crippen molar-refractivity contribution in [2.24, 2.45) is 0 Å². The first-order chi connectivity index (χ1) is 8.49. The van der Waals surface area contributed by atoms with Crippen LogP contribution in [0.25, 0.3) is 0 Å². The molecule has 0 radical (unpaired) electrons. The molecule has 0 saturated carbocycles. The standard InChI is InChI=1S/C13H16BrFN2O/c1-8-6-17(7-9(2)16-8)13(18)10-4-3-5-11(15)12(10)14/h3-5,8-9,16H,6-7H2,1-2H3. The molecule has 3 nitrogen and oxygen atoms in total. The van der Waals surface area contributed by atoms with Crippen LogP contribution < -0.4 is 5.32 Å². The van der Waals surface area contributed by atoms with Crippen LogP contribution >= 0.6 is 15.9 Å². The first-order valence-electron chi connectivity index (χ1n) is 5.98. The lowest BCUT2D eigenvalue weighted by atomic mass is 10.1. The van der Waals surface area contributed by atoms with Crippen LogP contribution in [-0.4, -0.2) is 36.0 Å². The van der Waals surface area contributed by atoms with Crippen molar-refractivity contribution in [2.45, 2.75) is 25.9 Å². The van der Waals surface area contributed by atoms with Crippen LogP contribution in [0.1, 0.15) is 24.2 Å². The SMILES string of the molecule is CC1CN(C(=O)c2cccc(F)c2Br)CC(C)N1. The maximum absolute atomic E-state index is 13.4. The van der Waals surface area contributed by atoms with E-state index in [1.165, 1.54) is 6.07 Å². The van der Waals surface area contributed by atoms with Gasteiger partial charge in [-0.1, -0.05) is 6.07 Å². The summed E-state index contributed by atoms with van der Waals surface area (Å²) in [6.45, 7) is 5.37. The van der Waals surface area contributed by atoms with E-state index in [1.54, 1.807) is 17.0 Å². The lowest BCUT2D eigenvalue weighted by Crippen LogP contribution is -2.55. The quantitative estimate of drug-likeness (QED) is 0.863. The van der Waals surface area contributed by atoms with Gasteiger partial charge in [-0.25, -0.2) is 4.39 Å². The Labute approximate surface area is 114 Å². The summed E-state index contributed by atoms with van der Waals surface area (Å²) in [6.07, 6.45) is 0. The molecule has 2 rings (SSSR count). The summed E-state index contributed by atoms with van der Waals surface area (Å²) in [5.74, 6) is -0.529. The van der Waals surface area contributed by atoms with Crippen LogP contribution in [0.15, 0.2) is 22.7 Å². The molecule has 1 saturated heterocycles. The van der Waals surface area contributed by atoms with Gasteiger partial charge in [0.25, 0.3) is 5.91 Å². The van der Waals surface area contributed by atoms with Crippen molar-refractivity contribution < 1.29 is 9.18 Å². The molecule has 1 aliphatic heterocycles. The number of carbonyl (C=O) groups excluding carboxylic acids is 1. The fourth-order valence-corrected chi connectivity index (χ4v) is 2.77. The molecule has 0 aromatic heterocycles. The summed E-state index contributed by atoms with van der Waals surface area (Å²) in [4.78, 5) is 14.1. The molecule has 1 heterocycles. The Morgan fingerprint density at radius 2 is 2.00 bits per heavy atom. The predicted molar refractivity (Wildman–Crippen MR) is 72.1 cm³/mol. The maximum atomic E-state index is 13.4. The van der Waals surface area contributed by atoms with E-state index in [9.17, 15) is 9.18 Å². The number of hydrogen-bond donors (Lipinski definition) is 1. The molecule has 18 heavy (non-hydrogen) atoms. The van der Waals surface area contributed by atoms with E-state index in [2.05, 4.69) is 21.2 Å². The number of halogens is 2. The van der Waals surface area contributed by atoms with Crippen molar-refractivity contribution in [3.63, 3.8) is 0 Å². The van der Waals surface area contributed by atoms with Gasteiger partial charge in [0.05, 0.1) is 10.0 Å². The fraction of sp³-hybridized carbons (Fsp3) is 0.462. The highest BCUT2D eigenvalue weighted by molar-refractivity contribution is 9.10. The molecule has 5 heteroatoms. The number of rotatable bonds is 1. The molecular formula is C13H16BrFN2O. The third-order valence-corrected chi connectivity index (χ3v) is 3.83. The van der Waals surface area contributed by atoms with E-state index in [0.717, 1.165) is 0 Å². The second-order valence-corrected chi connectivity index (χ2v) is 5.57. The highest BCUT2D eigenvalue weighted by Gasteiger charge is 2.27. The van der Waals surface area contributed by atoms with E-state index in [1.807, 2.05) is 13.8 Å². The second-order valence-electron chi connectivity index (χ2n) is 4.78. The zero-order valence-corrected chi connectivity index (χ0v) is 12.0. The minimum atomic E-state index is -0.405. The third kappa shape index (κ3) is 2.72. The van der Waals surface area contributed by atoms with Crippen molar-refractivity contribution in [1.82, 2.24) is 10.2 Å². The average molecular weight is 315 g/mol. The molecule has 1 aromatic rings. The van der Waals surface area contributed by atoms with Crippen LogP contribution in [0, 0.1) is 5.82 Å². The van der Waals surface area contributed by atoms with Gasteiger partial charge in [-0.2, -0.15) is 0 Å². The molecule has 0 spiro atoms. The normalized spacial score (nSPS) is 24.1. The lowest BCUT2D eigenvalue weighted by molar-refractivity contribution is 0.0672. The van der Waals surface area contributed by atoms with Gasteiger partial charge in [-0.3, -0.25) is 4.79 Å². The Hall–Kier alpha value is -0.940. The summed E-state index contributed by atoms with van der Waals surface area (Å²) in [5, 5.41) is 3.36. The molecule has 0 aliphatic carbocycles. The van der Waals surface area contributed by atoms with E-state index < -0.39 is 5.82 Å². The number of piperazine rings is 1. The Bertz CT molecular complexity index is 456. The highest BCUT2D eigenvalue weighted by Crippen LogP contribution is 2.22. The van der Waals surface area contributed by atoms with E-state index in [0.29, 0.717) is 18.7 Å². The van der Waals surface area contributed by atoms with Crippen LogP contribution in [0.5, 0.6) is 0 Å². The van der Waals surface area contributed by atoms with Gasteiger partial charge >= 0.3 is 0 Å². The minimum absolute atomic E-state index is 0.124. The zero-order chi connectivity index (χ0) is 13.3. The van der Waals surface area contributed by atoms with Crippen molar-refractivity contribution in [3.05, 3.63) is 34.1 Å². The highest BCUT2D eigenvalue weighted by atomic mass is 79.9. The molecule has 1 amide bonds. The van der Waals surface area contributed by atoms with Crippen molar-refractivity contribution >= 4 is 21.8 Å². The van der Waals surface area contributed by atoms with Gasteiger partial charge in [-0.15, -0.1) is 0 Å². The number of amides is 1. The first-order valence-corrected chi connectivity index (χ1v) is 6.77. The van der Waals surface area contributed by atoms with Crippen molar-refractivity contribution in [3.8, 4) is 0 Å². The Balaban J connectivity index is 2.23. The Morgan fingerprint density at radius 1 is 1.39 bits per heavy atom. The monoisotopic (exact) mass is 314 g/mol. The molecule has 1 aromatic carbocycles. The van der Waals surface area contributed by atoms with Crippen LogP contribution in [0.2, 0.25) is 0 Å². The second kappa shape index (κ2) is 5.36. The summed E-state index contributed by atoms with van der Waals surface area (Å²) in [6, 6.07) is 5.05. The third-order valence-electron chi connectivity index (χ3n) is 3.03. The van der Waals surface area contributed by atoms with Gasteiger partial charge in [0.15, 0.2) is 0 Å². The van der Waals surface area contributed by atoms with E-state index >= 15 is 0 Å². The molecule has 2 atom stereocenters. The topological polar surface area (TPSA) is 32.3 Å². The molecule has 1 fully saturated rings. The molecular weight excluding hydrogens is 299 g/mol. The Kier molecular flexibility index (Phi) is 4.02. The van der Waals surface area contributed by atoms with Crippen LogP contribution in [0.3, 0.4) is 0 Å².